The second-order valence-corrected chi connectivity index (χ2v) is 5.20. The van der Waals surface area contributed by atoms with Crippen molar-refractivity contribution in [3.63, 3.8) is 0 Å². The van der Waals surface area contributed by atoms with Crippen LogP contribution in [0.5, 0.6) is 0 Å². The maximum atomic E-state index is 13.5. The first-order valence-electron chi connectivity index (χ1n) is 5.02. The maximum Gasteiger partial charge on any atom is 0.312 e. The van der Waals surface area contributed by atoms with E-state index in [1.807, 2.05) is 4.72 Å². The summed E-state index contributed by atoms with van der Waals surface area (Å²) in [6.45, 7) is -0.283. The number of nitrogen functional groups attached to an aromatic ring is 1. The summed E-state index contributed by atoms with van der Waals surface area (Å²) in [5.74, 6) is -2.41. The minimum atomic E-state index is -4.19. The van der Waals surface area contributed by atoms with E-state index >= 15 is 0 Å². The molecular weight excluding hydrogens is 282 g/mol. The van der Waals surface area contributed by atoms with Crippen molar-refractivity contribution in [2.45, 2.75) is 4.90 Å². The lowest BCUT2D eigenvalue weighted by Gasteiger charge is -2.09. The highest BCUT2D eigenvalue weighted by molar-refractivity contribution is 7.89. The van der Waals surface area contributed by atoms with Crippen LogP contribution in [0.15, 0.2) is 17.0 Å². The van der Waals surface area contributed by atoms with Crippen LogP contribution in [0.2, 0.25) is 0 Å². The number of hydrogen-bond donors (Lipinski definition) is 4. The minimum absolute atomic E-state index is 0.0765. The number of nitrogens with two attached hydrogens (primary N) is 2. The van der Waals surface area contributed by atoms with Gasteiger partial charge in [0.05, 0.1) is 0 Å². The maximum absolute atomic E-state index is 13.5. The molecule has 1 rings (SSSR count). The molecule has 2 amide bonds. The van der Waals surface area contributed by atoms with Gasteiger partial charge in [0.2, 0.25) is 10.0 Å². The highest BCUT2D eigenvalue weighted by atomic mass is 32.2. The van der Waals surface area contributed by atoms with E-state index in [0.717, 1.165) is 12.1 Å². The number of hydrogen-bond acceptors (Lipinski definition) is 4. The number of sulfonamides is 1. The van der Waals surface area contributed by atoms with E-state index in [1.54, 1.807) is 0 Å². The Morgan fingerprint density at radius 2 is 1.89 bits per heavy atom. The summed E-state index contributed by atoms with van der Waals surface area (Å²) in [5, 5.41) is 2.14. The number of anilines is 1. The second kappa shape index (κ2) is 5.80. The topological polar surface area (TPSA) is 127 Å². The Morgan fingerprint density at radius 3 is 2.47 bits per heavy atom. The van der Waals surface area contributed by atoms with Crippen molar-refractivity contribution in [3.8, 4) is 0 Å². The molecule has 0 atom stereocenters. The molecule has 6 N–H and O–H groups in total. The fourth-order valence-electron chi connectivity index (χ4n) is 1.21. The van der Waals surface area contributed by atoms with Crippen molar-refractivity contribution in [2.75, 3.05) is 18.8 Å². The van der Waals surface area contributed by atoms with E-state index in [9.17, 15) is 22.0 Å². The third-order valence-electron chi connectivity index (χ3n) is 2.10. The summed E-state index contributed by atoms with van der Waals surface area (Å²) in [6, 6.07) is 0.677. The lowest BCUT2D eigenvalue weighted by molar-refractivity contribution is 0.249. The molecule has 0 radical (unpaired) electrons. The van der Waals surface area contributed by atoms with Crippen LogP contribution in [0.4, 0.5) is 19.3 Å². The number of urea groups is 1. The van der Waals surface area contributed by atoms with Crippen molar-refractivity contribution in [2.24, 2.45) is 5.73 Å². The lowest BCUT2D eigenvalue weighted by atomic mass is 10.3. The van der Waals surface area contributed by atoms with Crippen LogP contribution in [0.25, 0.3) is 0 Å². The first-order chi connectivity index (χ1) is 8.75. The standard InChI is InChI=1S/C9H12F2N4O3S/c10-5-1-2-6(7(11)8(5)12)19(17,18)15-4-3-14-9(13)16/h1-2,15H,3-4,12H2,(H3,13,14,16). The zero-order valence-electron chi connectivity index (χ0n) is 9.61. The largest absolute Gasteiger partial charge is 0.394 e. The van der Waals surface area contributed by atoms with Crippen molar-refractivity contribution in [1.29, 1.82) is 0 Å². The van der Waals surface area contributed by atoms with E-state index in [4.69, 9.17) is 11.5 Å². The number of amides is 2. The van der Waals surface area contributed by atoms with Gasteiger partial charge in [0.25, 0.3) is 0 Å². The molecule has 0 aromatic heterocycles. The molecule has 0 fully saturated rings. The fraction of sp³-hybridized carbons (Fsp3) is 0.222. The van der Waals surface area contributed by atoms with Gasteiger partial charge in [-0.3, -0.25) is 0 Å². The van der Waals surface area contributed by atoms with Gasteiger partial charge in [-0.05, 0) is 12.1 Å². The Bertz CT molecular complexity index is 591. The first-order valence-corrected chi connectivity index (χ1v) is 6.50. The number of carbonyl (C=O) groups excluding carboxylic acids is 1. The van der Waals surface area contributed by atoms with Gasteiger partial charge < -0.3 is 16.8 Å². The van der Waals surface area contributed by atoms with Crippen LogP contribution in [-0.2, 0) is 10.0 Å². The average Bonchev–Trinajstić information content (AvgIpc) is 2.31. The molecule has 0 unspecified atom stereocenters. The van der Waals surface area contributed by atoms with Crippen LogP contribution in [0, 0.1) is 11.6 Å². The number of carbonyl (C=O) groups is 1. The van der Waals surface area contributed by atoms with Gasteiger partial charge in [-0.25, -0.2) is 26.7 Å². The molecule has 0 bridgehead atoms. The molecule has 0 saturated heterocycles. The van der Waals surface area contributed by atoms with Crippen LogP contribution in [0.1, 0.15) is 0 Å². The molecule has 1 aromatic rings. The van der Waals surface area contributed by atoms with Crippen LogP contribution in [-0.4, -0.2) is 27.5 Å². The molecule has 0 heterocycles. The number of benzene rings is 1. The molecule has 0 saturated carbocycles. The quantitative estimate of drug-likeness (QED) is 0.431. The van der Waals surface area contributed by atoms with Crippen molar-refractivity contribution in [1.82, 2.24) is 10.0 Å². The molecular formula is C9H12F2N4O3S. The first kappa shape index (κ1) is 15.1. The Morgan fingerprint density at radius 1 is 1.26 bits per heavy atom. The molecule has 10 heteroatoms. The summed E-state index contributed by atoms with van der Waals surface area (Å²) in [4.78, 5) is 9.57. The van der Waals surface area contributed by atoms with Crippen LogP contribution in [0.3, 0.4) is 0 Å². The third-order valence-corrected chi connectivity index (χ3v) is 3.58. The summed E-state index contributed by atoms with van der Waals surface area (Å²) in [6.07, 6.45) is 0. The third kappa shape index (κ3) is 3.76. The van der Waals surface area contributed by atoms with E-state index in [-0.39, 0.29) is 13.1 Å². The van der Waals surface area contributed by atoms with Crippen molar-refractivity contribution in [3.05, 3.63) is 23.8 Å². The molecule has 0 aliphatic carbocycles. The molecule has 0 aliphatic heterocycles. The summed E-state index contributed by atoms with van der Waals surface area (Å²) < 4.78 is 51.8. The van der Waals surface area contributed by atoms with Gasteiger partial charge in [-0.15, -0.1) is 0 Å². The highest BCUT2D eigenvalue weighted by Gasteiger charge is 2.22. The van der Waals surface area contributed by atoms with E-state index < -0.39 is 38.3 Å². The van der Waals surface area contributed by atoms with Gasteiger partial charge in [-0.2, -0.15) is 0 Å². The molecule has 7 nitrogen and oxygen atoms in total. The molecule has 0 spiro atoms. The summed E-state index contributed by atoms with van der Waals surface area (Å²) in [7, 11) is -4.19. The van der Waals surface area contributed by atoms with E-state index in [2.05, 4.69) is 5.32 Å². The zero-order chi connectivity index (χ0) is 14.6. The fourth-order valence-corrected chi connectivity index (χ4v) is 2.33. The van der Waals surface area contributed by atoms with Gasteiger partial charge in [0.1, 0.15) is 16.4 Å². The molecule has 1 aromatic carbocycles. The Labute approximate surface area is 108 Å². The van der Waals surface area contributed by atoms with Gasteiger partial charge in [-0.1, -0.05) is 0 Å². The van der Waals surface area contributed by atoms with Gasteiger partial charge >= 0.3 is 6.03 Å². The number of nitrogens with one attached hydrogen (secondary N) is 2. The molecule has 106 valence electrons. The number of halogens is 2. The Hall–Kier alpha value is -1.94. The average molecular weight is 294 g/mol. The van der Waals surface area contributed by atoms with Crippen molar-refractivity contribution < 1.29 is 22.0 Å². The monoisotopic (exact) mass is 294 g/mol. The highest BCUT2D eigenvalue weighted by Crippen LogP contribution is 2.22. The Balaban J connectivity index is 2.84. The van der Waals surface area contributed by atoms with E-state index in [0.29, 0.717) is 0 Å². The van der Waals surface area contributed by atoms with Crippen LogP contribution < -0.4 is 21.5 Å². The minimum Gasteiger partial charge on any atom is -0.394 e. The predicted octanol–water partition coefficient (Wildman–Crippen LogP) is -0.506. The summed E-state index contributed by atoms with van der Waals surface area (Å²) >= 11 is 0. The second-order valence-electron chi connectivity index (χ2n) is 3.46. The van der Waals surface area contributed by atoms with Gasteiger partial charge in [0.15, 0.2) is 5.82 Å². The number of rotatable bonds is 5. The smallest absolute Gasteiger partial charge is 0.312 e. The lowest BCUT2D eigenvalue weighted by Crippen LogP contribution is -2.37. The van der Waals surface area contributed by atoms with Crippen LogP contribution >= 0.6 is 0 Å². The van der Waals surface area contributed by atoms with E-state index in [1.165, 1.54) is 0 Å². The van der Waals surface area contributed by atoms with Crippen molar-refractivity contribution >= 4 is 21.7 Å². The van der Waals surface area contributed by atoms with Gasteiger partial charge in [0, 0.05) is 13.1 Å². The Kier molecular flexibility index (Phi) is 4.62. The number of primary amides is 1. The molecule has 19 heavy (non-hydrogen) atoms. The zero-order valence-corrected chi connectivity index (χ0v) is 10.4. The molecule has 0 aliphatic rings. The predicted molar refractivity (Wildman–Crippen MR) is 63.5 cm³/mol. The summed E-state index contributed by atoms with van der Waals surface area (Å²) in [5.41, 5.74) is 8.95. The SMILES string of the molecule is NC(=O)NCCNS(=O)(=O)c1ccc(F)c(N)c1F. The normalized spacial score (nSPS) is 11.3.